The summed E-state index contributed by atoms with van der Waals surface area (Å²) in [6.07, 6.45) is 3.77. The zero-order chi connectivity index (χ0) is 21.5. The molecule has 0 bridgehead atoms. The van der Waals surface area contributed by atoms with Crippen LogP contribution in [0, 0.1) is 6.92 Å². The Bertz CT molecular complexity index is 1010. The van der Waals surface area contributed by atoms with Crippen molar-refractivity contribution in [3.05, 3.63) is 53.5 Å². The van der Waals surface area contributed by atoms with Crippen molar-refractivity contribution >= 4 is 11.6 Å². The largest absolute Gasteiger partial charge is 0.493 e. The number of benzene rings is 1. The number of fused-ring (bicyclic) bond motifs is 1. The van der Waals surface area contributed by atoms with Crippen LogP contribution in [0.1, 0.15) is 23.4 Å². The third-order valence-electron chi connectivity index (χ3n) is 5.07. The molecule has 0 aliphatic heterocycles. The molecule has 0 aliphatic rings. The minimum absolute atomic E-state index is 0.709. The molecule has 8 heteroatoms. The lowest BCUT2D eigenvalue weighted by Crippen LogP contribution is -2.39. The molecule has 0 atom stereocenters. The van der Waals surface area contributed by atoms with E-state index in [1.807, 2.05) is 48.0 Å². The molecule has 2 heterocycles. The van der Waals surface area contributed by atoms with Gasteiger partial charge in [0, 0.05) is 39.8 Å². The first-order chi connectivity index (χ1) is 14.6. The summed E-state index contributed by atoms with van der Waals surface area (Å²) in [7, 11) is 7.13. The number of nitrogens with one attached hydrogen (secondary N) is 1. The summed E-state index contributed by atoms with van der Waals surface area (Å²) in [6.45, 7) is 3.58. The van der Waals surface area contributed by atoms with Crippen molar-refractivity contribution in [1.82, 2.24) is 24.8 Å². The molecule has 0 radical (unpaired) electrons. The number of ether oxygens (including phenoxy) is 2. The lowest BCUT2D eigenvalue weighted by Gasteiger charge is -2.23. The van der Waals surface area contributed by atoms with Crippen LogP contribution in [0.2, 0.25) is 0 Å². The van der Waals surface area contributed by atoms with E-state index in [2.05, 4.69) is 32.3 Å². The summed E-state index contributed by atoms with van der Waals surface area (Å²) < 4.78 is 12.9. The molecule has 0 fully saturated rings. The highest BCUT2D eigenvalue weighted by Crippen LogP contribution is 2.30. The fourth-order valence-corrected chi connectivity index (χ4v) is 3.42. The predicted molar refractivity (Wildman–Crippen MR) is 118 cm³/mol. The smallest absolute Gasteiger partial charge is 0.193 e. The van der Waals surface area contributed by atoms with Gasteiger partial charge in [-0.05, 0) is 48.7 Å². The van der Waals surface area contributed by atoms with Gasteiger partial charge < -0.3 is 19.7 Å². The first-order valence-corrected chi connectivity index (χ1v) is 9.99. The summed E-state index contributed by atoms with van der Waals surface area (Å²) >= 11 is 0. The monoisotopic (exact) mass is 410 g/mol. The Morgan fingerprint density at radius 2 is 1.93 bits per heavy atom. The van der Waals surface area contributed by atoms with E-state index in [-0.39, 0.29) is 0 Å². The fraction of sp³-hybridized carbons (Fsp3) is 0.409. The average molecular weight is 411 g/mol. The molecule has 0 saturated heterocycles. The number of hydrogen-bond acceptors (Lipinski definition) is 5. The van der Waals surface area contributed by atoms with E-state index in [9.17, 15) is 0 Å². The van der Waals surface area contributed by atoms with Gasteiger partial charge in [-0.1, -0.05) is 6.07 Å². The van der Waals surface area contributed by atoms with Crippen LogP contribution in [0.15, 0.2) is 41.5 Å². The number of hydrogen-bond donors (Lipinski definition) is 1. The predicted octanol–water partition coefficient (Wildman–Crippen LogP) is 2.69. The number of nitrogens with zero attached hydrogens (tertiary/aromatic N) is 5. The molecule has 30 heavy (non-hydrogen) atoms. The summed E-state index contributed by atoms with van der Waals surface area (Å²) in [5.74, 6) is 3.28. The molecule has 0 spiro atoms. The summed E-state index contributed by atoms with van der Waals surface area (Å²) in [4.78, 5) is 6.51. The molecule has 1 N–H and O–H groups in total. The van der Waals surface area contributed by atoms with E-state index in [0.717, 1.165) is 59.4 Å². The second-order valence-electron chi connectivity index (χ2n) is 7.11. The third-order valence-corrected chi connectivity index (χ3v) is 5.07. The lowest BCUT2D eigenvalue weighted by atomic mass is 10.1. The average Bonchev–Trinajstić information content (AvgIpc) is 3.17. The van der Waals surface area contributed by atoms with Crippen LogP contribution in [0.4, 0.5) is 0 Å². The number of aryl methyl sites for hydroxylation is 2. The van der Waals surface area contributed by atoms with E-state index in [0.29, 0.717) is 6.54 Å². The van der Waals surface area contributed by atoms with Crippen LogP contribution in [0.5, 0.6) is 11.5 Å². The quantitative estimate of drug-likeness (QED) is 0.350. The molecule has 0 amide bonds. The van der Waals surface area contributed by atoms with E-state index in [4.69, 9.17) is 9.47 Å². The second kappa shape index (κ2) is 9.96. The van der Waals surface area contributed by atoms with E-state index in [1.165, 1.54) is 0 Å². The summed E-state index contributed by atoms with van der Waals surface area (Å²) in [5, 5.41) is 11.9. The Labute approximate surface area is 177 Å². The standard InChI is InChI=1S/C22H30N6O2/c1-16-13-18(29-4)19(30-5)14-17(16)15-27(3)22(23-2)24-11-8-10-21-26-25-20-9-6-7-12-28(20)21/h6-7,9,12-14H,8,10-11,15H2,1-5H3,(H,23,24). The van der Waals surface area contributed by atoms with Crippen molar-refractivity contribution in [3.8, 4) is 11.5 Å². The SMILES string of the molecule is CN=C(NCCCc1nnc2ccccn12)N(C)Cc1cc(OC)c(OC)cc1C. The van der Waals surface area contributed by atoms with Gasteiger partial charge in [0.1, 0.15) is 5.82 Å². The van der Waals surface area contributed by atoms with Crippen molar-refractivity contribution < 1.29 is 9.47 Å². The number of rotatable bonds is 8. The Hall–Kier alpha value is -3.29. The topological polar surface area (TPSA) is 76.3 Å². The molecule has 3 aromatic rings. The Balaban J connectivity index is 1.56. The Morgan fingerprint density at radius 1 is 1.17 bits per heavy atom. The van der Waals surface area contributed by atoms with Gasteiger partial charge in [0.2, 0.25) is 0 Å². The van der Waals surface area contributed by atoms with E-state index in [1.54, 1.807) is 21.3 Å². The van der Waals surface area contributed by atoms with Gasteiger partial charge in [0.15, 0.2) is 23.1 Å². The van der Waals surface area contributed by atoms with Crippen LogP contribution < -0.4 is 14.8 Å². The molecule has 8 nitrogen and oxygen atoms in total. The molecule has 0 aliphatic carbocycles. The summed E-state index contributed by atoms with van der Waals surface area (Å²) in [6, 6.07) is 9.94. The first-order valence-electron chi connectivity index (χ1n) is 9.99. The molecule has 1 aromatic carbocycles. The molecule has 160 valence electrons. The van der Waals surface area contributed by atoms with E-state index < -0.39 is 0 Å². The normalized spacial score (nSPS) is 11.6. The highest BCUT2D eigenvalue weighted by atomic mass is 16.5. The number of aliphatic imine (C=N–C) groups is 1. The molecule has 2 aromatic heterocycles. The number of methoxy groups -OCH3 is 2. The van der Waals surface area contributed by atoms with Crippen molar-refractivity contribution in [1.29, 1.82) is 0 Å². The van der Waals surface area contributed by atoms with Gasteiger partial charge in [-0.2, -0.15) is 0 Å². The highest BCUT2D eigenvalue weighted by molar-refractivity contribution is 5.79. The van der Waals surface area contributed by atoms with Crippen molar-refractivity contribution in [2.45, 2.75) is 26.3 Å². The second-order valence-corrected chi connectivity index (χ2v) is 7.11. The minimum atomic E-state index is 0.709. The first kappa shape index (κ1) is 21.4. The number of guanidine groups is 1. The van der Waals surface area contributed by atoms with Gasteiger partial charge in [0.05, 0.1) is 14.2 Å². The number of aromatic nitrogens is 3. The maximum atomic E-state index is 5.44. The van der Waals surface area contributed by atoms with Crippen LogP contribution in [0.25, 0.3) is 5.65 Å². The van der Waals surface area contributed by atoms with Crippen LogP contribution in [0.3, 0.4) is 0 Å². The van der Waals surface area contributed by atoms with Gasteiger partial charge in [-0.25, -0.2) is 0 Å². The van der Waals surface area contributed by atoms with Gasteiger partial charge in [0.25, 0.3) is 0 Å². The molecule has 0 unspecified atom stereocenters. The minimum Gasteiger partial charge on any atom is -0.493 e. The summed E-state index contributed by atoms with van der Waals surface area (Å²) in [5.41, 5.74) is 3.18. The van der Waals surface area contributed by atoms with Gasteiger partial charge >= 0.3 is 0 Å². The zero-order valence-corrected chi connectivity index (χ0v) is 18.3. The van der Waals surface area contributed by atoms with Gasteiger partial charge in [-0.15, -0.1) is 10.2 Å². The fourth-order valence-electron chi connectivity index (χ4n) is 3.42. The molecule has 3 rings (SSSR count). The van der Waals surface area contributed by atoms with Gasteiger partial charge in [-0.3, -0.25) is 9.39 Å². The van der Waals surface area contributed by atoms with E-state index >= 15 is 0 Å². The van der Waals surface area contributed by atoms with Crippen molar-refractivity contribution in [2.24, 2.45) is 4.99 Å². The Kier molecular flexibility index (Phi) is 7.11. The van der Waals surface area contributed by atoms with Crippen LogP contribution in [-0.4, -0.2) is 60.3 Å². The number of pyridine rings is 1. The third kappa shape index (κ3) is 4.82. The molecular weight excluding hydrogens is 380 g/mol. The molecule has 0 saturated carbocycles. The maximum absolute atomic E-state index is 5.44. The molecular formula is C22H30N6O2. The zero-order valence-electron chi connectivity index (χ0n) is 18.3. The van der Waals surface area contributed by atoms with Crippen molar-refractivity contribution in [2.75, 3.05) is 34.9 Å². The van der Waals surface area contributed by atoms with Crippen molar-refractivity contribution in [3.63, 3.8) is 0 Å². The van der Waals surface area contributed by atoms with Crippen LogP contribution >= 0.6 is 0 Å². The van der Waals surface area contributed by atoms with Crippen LogP contribution in [-0.2, 0) is 13.0 Å². The lowest BCUT2D eigenvalue weighted by molar-refractivity contribution is 0.353. The maximum Gasteiger partial charge on any atom is 0.193 e. The Morgan fingerprint density at radius 3 is 2.67 bits per heavy atom. The highest BCUT2D eigenvalue weighted by Gasteiger charge is 2.13.